The minimum atomic E-state index is -2.78. The number of para-hydroxylation sites is 4. The van der Waals surface area contributed by atoms with Crippen molar-refractivity contribution < 1.29 is 9.05 Å². The summed E-state index contributed by atoms with van der Waals surface area (Å²) in [6, 6.07) is 17.2. The van der Waals surface area contributed by atoms with E-state index in [9.17, 15) is 0 Å². The van der Waals surface area contributed by atoms with E-state index in [-0.39, 0.29) is 0 Å². The van der Waals surface area contributed by atoms with E-state index in [4.69, 9.17) is 9.05 Å². The van der Waals surface area contributed by atoms with E-state index in [2.05, 4.69) is 85.1 Å². The van der Waals surface area contributed by atoms with E-state index in [1.807, 2.05) is 0 Å². The van der Waals surface area contributed by atoms with E-state index in [1.165, 1.54) is 11.4 Å². The van der Waals surface area contributed by atoms with Gasteiger partial charge in [0.05, 0.1) is 0 Å². The Balaban J connectivity index is 1.90. The Kier molecular flexibility index (Phi) is 2.99. The van der Waals surface area contributed by atoms with Crippen molar-refractivity contribution in [1.82, 2.24) is 0 Å². The standard InChI is InChI=1S/C20H28N2O2P2/c1-5-25(6-2)21(17-13-9-11-15-19(17)23-25)26(7-3,8-4)22(25)18-14-10-12-16-20(18)24-26/h9-16H,5-8H2,1-4H3. The maximum atomic E-state index is 7.04. The van der Waals surface area contributed by atoms with Crippen molar-refractivity contribution in [3.05, 3.63) is 48.5 Å². The summed E-state index contributed by atoms with van der Waals surface area (Å²) in [4.78, 5) is 0. The van der Waals surface area contributed by atoms with Crippen LogP contribution in [-0.4, -0.2) is 24.6 Å². The van der Waals surface area contributed by atoms with E-state index >= 15 is 0 Å². The van der Waals surface area contributed by atoms with Crippen molar-refractivity contribution in [2.24, 2.45) is 0 Å². The third-order valence-corrected chi connectivity index (χ3v) is 22.5. The number of hydrogen-bond acceptors (Lipinski definition) is 4. The predicted molar refractivity (Wildman–Crippen MR) is 115 cm³/mol. The molecule has 0 radical (unpaired) electrons. The molecule has 0 aliphatic carbocycles. The first-order valence-corrected chi connectivity index (χ1v) is 14.6. The van der Waals surface area contributed by atoms with Crippen LogP contribution in [0.1, 0.15) is 27.7 Å². The van der Waals surface area contributed by atoms with Gasteiger partial charge in [-0.25, -0.2) is 0 Å². The van der Waals surface area contributed by atoms with Gasteiger partial charge in [0, 0.05) is 0 Å². The van der Waals surface area contributed by atoms with Gasteiger partial charge >= 0.3 is 156 Å². The molecule has 0 saturated carbocycles. The zero-order valence-corrected chi connectivity index (χ0v) is 17.8. The summed E-state index contributed by atoms with van der Waals surface area (Å²) in [5.74, 6) is 2.07. The van der Waals surface area contributed by atoms with Gasteiger partial charge < -0.3 is 0 Å². The van der Waals surface area contributed by atoms with Crippen LogP contribution in [-0.2, 0) is 0 Å². The average molecular weight is 390 g/mol. The number of rotatable bonds is 4. The molecule has 3 aliphatic heterocycles. The van der Waals surface area contributed by atoms with Crippen LogP contribution in [0.4, 0.5) is 11.4 Å². The second kappa shape index (κ2) is 4.66. The quantitative estimate of drug-likeness (QED) is 0.558. The van der Waals surface area contributed by atoms with E-state index in [0.29, 0.717) is 0 Å². The number of fused-ring (bicyclic) bond motifs is 8. The van der Waals surface area contributed by atoms with Crippen LogP contribution in [0.5, 0.6) is 11.5 Å². The molecule has 140 valence electrons. The number of anilines is 2. The summed E-state index contributed by atoms with van der Waals surface area (Å²) < 4.78 is 19.5. The molecule has 3 heterocycles. The molecule has 0 spiro atoms. The zero-order chi connectivity index (χ0) is 18.3. The minimum absolute atomic E-state index is 1.01. The third-order valence-electron chi connectivity index (χ3n) is 7.04. The van der Waals surface area contributed by atoms with E-state index in [1.54, 1.807) is 0 Å². The SMILES string of the molecule is CCP12(CC)Oc3ccccc3N1P1(CC)(CC)Oc3ccccc3N21. The molecule has 5 rings (SSSR count). The molecule has 0 amide bonds. The van der Waals surface area contributed by atoms with Crippen LogP contribution < -0.4 is 17.9 Å². The van der Waals surface area contributed by atoms with Crippen LogP contribution >= 0.6 is 14.3 Å². The summed E-state index contributed by atoms with van der Waals surface area (Å²) >= 11 is 0. The summed E-state index contributed by atoms with van der Waals surface area (Å²) in [6.45, 7) is 9.21. The Morgan fingerprint density at radius 2 is 0.962 bits per heavy atom. The van der Waals surface area contributed by atoms with Crippen molar-refractivity contribution >= 4 is 25.6 Å². The molecular formula is C20H28N2O2P2. The molecule has 2 aromatic rings. The molecule has 0 bridgehead atoms. The summed E-state index contributed by atoms with van der Waals surface area (Å²) in [5, 5.41) is 0. The first-order valence-electron chi connectivity index (χ1n) is 9.77. The fourth-order valence-electron chi connectivity index (χ4n) is 5.81. The molecule has 4 nitrogen and oxygen atoms in total. The van der Waals surface area contributed by atoms with E-state index < -0.39 is 14.3 Å². The molecule has 0 N–H and O–H groups in total. The third kappa shape index (κ3) is 1.33. The van der Waals surface area contributed by atoms with Gasteiger partial charge in [-0.05, 0) is 0 Å². The second-order valence-corrected chi connectivity index (χ2v) is 17.9. The van der Waals surface area contributed by atoms with Gasteiger partial charge in [0.25, 0.3) is 0 Å². The van der Waals surface area contributed by atoms with Gasteiger partial charge in [0.2, 0.25) is 0 Å². The van der Waals surface area contributed by atoms with Gasteiger partial charge in [0.1, 0.15) is 0 Å². The van der Waals surface area contributed by atoms with Crippen molar-refractivity contribution in [3.63, 3.8) is 0 Å². The van der Waals surface area contributed by atoms with Crippen LogP contribution in [0, 0.1) is 0 Å². The Bertz CT molecular complexity index is 832. The normalized spacial score (nSPS) is 26.9. The summed E-state index contributed by atoms with van der Waals surface area (Å²) in [5.41, 5.74) is 2.50. The van der Waals surface area contributed by atoms with E-state index in [0.717, 1.165) is 36.1 Å². The fraction of sp³-hybridized carbons (Fsp3) is 0.400. The summed E-state index contributed by atoms with van der Waals surface area (Å²) in [6.07, 6.45) is 4.03. The van der Waals surface area contributed by atoms with Gasteiger partial charge in [-0.1, -0.05) is 0 Å². The van der Waals surface area contributed by atoms with Crippen molar-refractivity contribution in [3.8, 4) is 11.5 Å². The van der Waals surface area contributed by atoms with Crippen molar-refractivity contribution in [2.75, 3.05) is 33.5 Å². The Morgan fingerprint density at radius 3 is 1.31 bits per heavy atom. The molecule has 2 aromatic carbocycles. The van der Waals surface area contributed by atoms with Crippen molar-refractivity contribution in [2.45, 2.75) is 27.7 Å². The van der Waals surface area contributed by atoms with Gasteiger partial charge in [-0.2, -0.15) is 0 Å². The second-order valence-electron chi connectivity index (χ2n) is 7.56. The van der Waals surface area contributed by atoms with Gasteiger partial charge in [-0.3, -0.25) is 0 Å². The van der Waals surface area contributed by atoms with Crippen molar-refractivity contribution in [1.29, 1.82) is 0 Å². The fourth-order valence-corrected chi connectivity index (χ4v) is 25.1. The number of nitrogens with zero attached hydrogens (tertiary/aromatic N) is 2. The molecule has 3 aliphatic rings. The Labute approximate surface area is 156 Å². The molecule has 0 aromatic heterocycles. The molecule has 0 atom stereocenters. The van der Waals surface area contributed by atoms with Crippen LogP contribution in [0.25, 0.3) is 0 Å². The maximum absolute atomic E-state index is 7.04. The molecular weight excluding hydrogens is 362 g/mol. The predicted octanol–water partition coefficient (Wildman–Crippen LogP) is 6.47. The first kappa shape index (κ1) is 16.7. The average Bonchev–Trinajstić information content (AvgIpc) is 3.13. The summed E-state index contributed by atoms with van der Waals surface area (Å²) in [7, 11) is -5.57. The molecule has 1 fully saturated rings. The Morgan fingerprint density at radius 1 is 0.615 bits per heavy atom. The molecule has 6 heteroatoms. The number of benzene rings is 2. The van der Waals surface area contributed by atoms with Gasteiger partial charge in [0.15, 0.2) is 0 Å². The topological polar surface area (TPSA) is 24.9 Å². The number of hydrogen-bond donors (Lipinski definition) is 0. The molecule has 0 unspecified atom stereocenters. The monoisotopic (exact) mass is 390 g/mol. The van der Waals surface area contributed by atoms with Crippen LogP contribution in [0.3, 0.4) is 0 Å². The first-order chi connectivity index (χ1) is 12.5. The van der Waals surface area contributed by atoms with Crippen LogP contribution in [0.2, 0.25) is 0 Å². The Hall–Kier alpha value is -1.50. The van der Waals surface area contributed by atoms with Crippen LogP contribution in [0.15, 0.2) is 48.5 Å². The van der Waals surface area contributed by atoms with Gasteiger partial charge in [-0.15, -0.1) is 0 Å². The molecule has 1 saturated heterocycles. The zero-order valence-electron chi connectivity index (χ0n) is 16.1. The molecule has 26 heavy (non-hydrogen) atoms.